The number of ether oxygens (including phenoxy) is 2. The maximum Gasteiger partial charge on any atom is 0.119 e. The van der Waals surface area contributed by atoms with Crippen molar-refractivity contribution >= 4 is 0 Å². The lowest BCUT2D eigenvalue weighted by molar-refractivity contribution is 0.263. The summed E-state index contributed by atoms with van der Waals surface area (Å²) in [4.78, 5) is 0. The molecule has 1 aromatic carbocycles. The van der Waals surface area contributed by atoms with Crippen LogP contribution in [0.2, 0.25) is 0 Å². The first-order valence-corrected chi connectivity index (χ1v) is 12.4. The van der Waals surface area contributed by atoms with Crippen LogP contribution in [0.5, 0.6) is 5.75 Å². The van der Waals surface area contributed by atoms with Crippen molar-refractivity contribution in [3.05, 3.63) is 42.0 Å². The molecule has 1 aromatic rings. The minimum Gasteiger partial charge on any atom is -0.491 e. The molecular formula is C27H44O2. The van der Waals surface area contributed by atoms with Crippen molar-refractivity contribution in [3.8, 4) is 5.75 Å². The standard InChI is InChI=1S/C27H44O2/c1-2-3-4-5-6-7-8-9-10-11-12-13-14-15-16-17-19-25-20-18-21-26(22-25)28-23-27-24-29-27/h13-14,18,20-22,27H,2-12,15-17,19,23-24H2,1H3/b14-13+. The molecule has 1 heterocycles. The molecule has 1 unspecified atom stereocenters. The van der Waals surface area contributed by atoms with Gasteiger partial charge < -0.3 is 9.47 Å². The van der Waals surface area contributed by atoms with Crippen molar-refractivity contribution in [2.24, 2.45) is 0 Å². The van der Waals surface area contributed by atoms with Crippen LogP contribution in [0.15, 0.2) is 36.4 Å². The van der Waals surface area contributed by atoms with E-state index in [0.717, 1.165) is 18.8 Å². The Labute approximate surface area is 180 Å². The lowest BCUT2D eigenvalue weighted by Crippen LogP contribution is -2.04. The summed E-state index contributed by atoms with van der Waals surface area (Å²) >= 11 is 0. The number of rotatable bonds is 19. The average molecular weight is 401 g/mol. The van der Waals surface area contributed by atoms with Crippen LogP contribution in [0.4, 0.5) is 0 Å². The van der Waals surface area contributed by atoms with E-state index in [9.17, 15) is 0 Å². The van der Waals surface area contributed by atoms with Gasteiger partial charge in [0, 0.05) is 0 Å². The fourth-order valence-electron chi connectivity index (χ4n) is 3.72. The second-order valence-electron chi connectivity index (χ2n) is 8.60. The maximum atomic E-state index is 5.77. The van der Waals surface area contributed by atoms with Gasteiger partial charge in [0.05, 0.1) is 6.61 Å². The molecule has 0 radical (unpaired) electrons. The van der Waals surface area contributed by atoms with Gasteiger partial charge >= 0.3 is 0 Å². The SMILES string of the molecule is CCCCCCCCCCCC/C=C/CCCCc1cccc(OCC2CO2)c1. The summed E-state index contributed by atoms with van der Waals surface area (Å²) < 4.78 is 11.0. The first kappa shape index (κ1) is 24.0. The van der Waals surface area contributed by atoms with E-state index >= 15 is 0 Å². The van der Waals surface area contributed by atoms with Gasteiger partial charge in [0.25, 0.3) is 0 Å². The average Bonchev–Trinajstić information content (AvgIpc) is 3.57. The van der Waals surface area contributed by atoms with E-state index in [4.69, 9.17) is 9.47 Å². The largest absolute Gasteiger partial charge is 0.491 e. The molecule has 0 N–H and O–H groups in total. The number of aryl methyl sites for hydroxylation is 1. The summed E-state index contributed by atoms with van der Waals surface area (Å²) in [7, 11) is 0. The number of epoxide rings is 1. The maximum absolute atomic E-state index is 5.77. The van der Waals surface area contributed by atoms with E-state index in [0.29, 0.717) is 12.7 Å². The van der Waals surface area contributed by atoms with E-state index < -0.39 is 0 Å². The van der Waals surface area contributed by atoms with Gasteiger partial charge in [-0.1, -0.05) is 89.0 Å². The van der Waals surface area contributed by atoms with Crippen LogP contribution in [0.1, 0.15) is 102 Å². The molecule has 1 aliphatic heterocycles. The number of allylic oxidation sites excluding steroid dienone is 2. The Morgan fingerprint density at radius 1 is 0.862 bits per heavy atom. The van der Waals surface area contributed by atoms with Gasteiger partial charge in [-0.2, -0.15) is 0 Å². The van der Waals surface area contributed by atoms with Crippen molar-refractivity contribution in [2.75, 3.05) is 13.2 Å². The summed E-state index contributed by atoms with van der Waals surface area (Å²) in [5.74, 6) is 0.981. The van der Waals surface area contributed by atoms with E-state index in [2.05, 4.69) is 37.3 Å². The van der Waals surface area contributed by atoms with Crippen molar-refractivity contribution in [3.63, 3.8) is 0 Å². The highest BCUT2D eigenvalue weighted by molar-refractivity contribution is 5.28. The molecule has 1 atom stereocenters. The Morgan fingerprint density at radius 2 is 1.48 bits per heavy atom. The molecule has 1 aliphatic rings. The van der Waals surface area contributed by atoms with Gasteiger partial charge in [0.1, 0.15) is 18.5 Å². The number of unbranched alkanes of at least 4 members (excludes halogenated alkanes) is 12. The van der Waals surface area contributed by atoms with Crippen LogP contribution >= 0.6 is 0 Å². The van der Waals surface area contributed by atoms with E-state index in [1.54, 1.807) is 0 Å². The molecule has 2 rings (SSSR count). The van der Waals surface area contributed by atoms with Gasteiger partial charge in [-0.05, 0) is 56.2 Å². The highest BCUT2D eigenvalue weighted by Gasteiger charge is 2.22. The second-order valence-corrected chi connectivity index (χ2v) is 8.60. The van der Waals surface area contributed by atoms with Gasteiger partial charge in [-0.3, -0.25) is 0 Å². The lowest BCUT2D eigenvalue weighted by atomic mass is 10.1. The molecule has 0 amide bonds. The van der Waals surface area contributed by atoms with Gasteiger partial charge in [-0.25, -0.2) is 0 Å². The van der Waals surface area contributed by atoms with E-state index in [1.807, 2.05) is 6.07 Å². The molecule has 1 saturated heterocycles. The van der Waals surface area contributed by atoms with Crippen LogP contribution in [0, 0.1) is 0 Å². The molecular weight excluding hydrogens is 356 g/mol. The normalized spacial score (nSPS) is 15.8. The van der Waals surface area contributed by atoms with Crippen LogP contribution < -0.4 is 4.74 Å². The highest BCUT2D eigenvalue weighted by atomic mass is 16.6. The molecule has 2 nitrogen and oxygen atoms in total. The number of hydrogen-bond donors (Lipinski definition) is 0. The van der Waals surface area contributed by atoms with Gasteiger partial charge in [0.15, 0.2) is 0 Å². The highest BCUT2D eigenvalue weighted by Crippen LogP contribution is 2.18. The summed E-state index contributed by atoms with van der Waals surface area (Å²) in [6.45, 7) is 3.83. The molecule has 164 valence electrons. The molecule has 0 aromatic heterocycles. The Hall–Kier alpha value is -1.28. The molecule has 29 heavy (non-hydrogen) atoms. The third-order valence-electron chi connectivity index (χ3n) is 5.71. The lowest BCUT2D eigenvalue weighted by Gasteiger charge is -2.06. The smallest absolute Gasteiger partial charge is 0.119 e. The first-order chi connectivity index (χ1) is 14.4. The molecule has 0 saturated carbocycles. The minimum absolute atomic E-state index is 0.325. The molecule has 1 fully saturated rings. The van der Waals surface area contributed by atoms with E-state index in [-0.39, 0.29) is 0 Å². The third kappa shape index (κ3) is 13.5. The summed E-state index contributed by atoms with van der Waals surface area (Å²) in [5.41, 5.74) is 1.38. The third-order valence-corrected chi connectivity index (χ3v) is 5.71. The molecule has 0 bridgehead atoms. The fourth-order valence-corrected chi connectivity index (χ4v) is 3.72. The van der Waals surface area contributed by atoms with Gasteiger partial charge in [-0.15, -0.1) is 0 Å². The molecule has 0 spiro atoms. The topological polar surface area (TPSA) is 21.8 Å². The molecule has 2 heteroatoms. The number of hydrogen-bond acceptors (Lipinski definition) is 2. The summed E-state index contributed by atoms with van der Waals surface area (Å²) in [5, 5.41) is 0. The van der Waals surface area contributed by atoms with Crippen LogP contribution in [-0.4, -0.2) is 19.3 Å². The van der Waals surface area contributed by atoms with Crippen molar-refractivity contribution in [1.82, 2.24) is 0 Å². The van der Waals surface area contributed by atoms with Crippen molar-refractivity contribution in [1.29, 1.82) is 0 Å². The number of benzene rings is 1. The van der Waals surface area contributed by atoms with Crippen molar-refractivity contribution < 1.29 is 9.47 Å². The zero-order valence-electron chi connectivity index (χ0n) is 18.9. The fraction of sp³-hybridized carbons (Fsp3) is 0.704. The van der Waals surface area contributed by atoms with Gasteiger partial charge in [0.2, 0.25) is 0 Å². The zero-order valence-corrected chi connectivity index (χ0v) is 18.9. The summed E-state index contributed by atoms with van der Waals surface area (Å²) in [6, 6.07) is 8.54. The van der Waals surface area contributed by atoms with Crippen LogP contribution in [0.25, 0.3) is 0 Å². The Bertz CT molecular complexity index is 533. The van der Waals surface area contributed by atoms with Crippen LogP contribution in [0.3, 0.4) is 0 Å². The Kier molecular flexibility index (Phi) is 13.7. The monoisotopic (exact) mass is 400 g/mol. The predicted octanol–water partition coefficient (Wildman–Crippen LogP) is 8.04. The Balaban J connectivity index is 1.36. The minimum atomic E-state index is 0.325. The first-order valence-electron chi connectivity index (χ1n) is 12.4. The van der Waals surface area contributed by atoms with E-state index in [1.165, 1.54) is 95.5 Å². The van der Waals surface area contributed by atoms with Crippen molar-refractivity contribution in [2.45, 2.75) is 109 Å². The predicted molar refractivity (Wildman–Crippen MR) is 125 cm³/mol. The quantitative estimate of drug-likeness (QED) is 0.133. The Morgan fingerprint density at radius 3 is 2.14 bits per heavy atom. The molecule has 0 aliphatic carbocycles. The van der Waals surface area contributed by atoms with Crippen LogP contribution in [-0.2, 0) is 11.2 Å². The zero-order chi connectivity index (χ0) is 20.4. The summed E-state index contributed by atoms with van der Waals surface area (Å²) in [6.07, 6.45) is 25.5. The second kappa shape index (κ2) is 16.5.